The molecule has 2 aromatic carbocycles. The molecule has 0 aliphatic rings. The van der Waals surface area contributed by atoms with Gasteiger partial charge in [-0.1, -0.05) is 58.9 Å². The molecule has 4 heteroatoms. The minimum absolute atomic E-state index is 0.0189. The van der Waals surface area contributed by atoms with Gasteiger partial charge in [-0.25, -0.2) is 15.0 Å². The van der Waals surface area contributed by atoms with Crippen LogP contribution in [0.2, 0.25) is 0 Å². The summed E-state index contributed by atoms with van der Waals surface area (Å²) in [7, 11) is 0. The molecule has 0 aliphatic heterocycles. The average Bonchev–Trinajstić information content (AvgIpc) is 3.19. The van der Waals surface area contributed by atoms with E-state index in [1.54, 1.807) is 6.33 Å². The molecule has 0 amide bonds. The predicted octanol–water partition coefficient (Wildman–Crippen LogP) is 7.60. The Labute approximate surface area is 194 Å². The summed E-state index contributed by atoms with van der Waals surface area (Å²) in [5.41, 5.74) is 6.73. The molecule has 0 saturated heterocycles. The van der Waals surface area contributed by atoms with Gasteiger partial charge in [0.2, 0.25) is 5.71 Å². The summed E-state index contributed by atoms with van der Waals surface area (Å²) in [4.78, 5) is 13.9. The van der Waals surface area contributed by atoms with Gasteiger partial charge >= 0.3 is 0 Å². The van der Waals surface area contributed by atoms with Crippen molar-refractivity contribution in [1.82, 2.24) is 15.0 Å². The Morgan fingerprint density at radius 2 is 1.64 bits per heavy atom. The average molecular weight is 436 g/mol. The Kier molecular flexibility index (Phi) is 5.24. The van der Waals surface area contributed by atoms with Crippen LogP contribution in [0.1, 0.15) is 45.7 Å². The van der Waals surface area contributed by atoms with Gasteiger partial charge in [0.15, 0.2) is 0 Å². The van der Waals surface area contributed by atoms with E-state index in [0.717, 1.165) is 34.5 Å². The highest BCUT2D eigenvalue weighted by molar-refractivity contribution is 5.91. The highest BCUT2D eigenvalue weighted by atomic mass is 16.3. The maximum Gasteiger partial charge on any atom is 0.226 e. The number of fused-ring (bicyclic) bond motifs is 2. The summed E-state index contributed by atoms with van der Waals surface area (Å²) in [5, 5.41) is 3.57. The number of pyridine rings is 1. The van der Waals surface area contributed by atoms with Gasteiger partial charge in [0.05, 0.1) is 23.3 Å². The quantitative estimate of drug-likeness (QED) is 0.292. The van der Waals surface area contributed by atoms with Gasteiger partial charge in [0.25, 0.3) is 0 Å². The predicted molar refractivity (Wildman–Crippen MR) is 135 cm³/mol. The minimum atomic E-state index is 0.0189. The molecule has 0 N–H and O–H groups in total. The van der Waals surface area contributed by atoms with Crippen molar-refractivity contribution < 1.29 is 4.42 Å². The van der Waals surface area contributed by atoms with E-state index < -0.39 is 0 Å². The number of hydrogen-bond acceptors (Lipinski definition) is 4. The number of nitrogens with zero attached hydrogens (tertiary/aromatic N) is 3. The summed E-state index contributed by atoms with van der Waals surface area (Å²) in [5.74, 6) is 0.565. The van der Waals surface area contributed by atoms with Gasteiger partial charge in [-0.2, -0.15) is 0 Å². The maximum atomic E-state index is 5.77. The molecule has 4 nitrogen and oxygen atoms in total. The van der Waals surface area contributed by atoms with Gasteiger partial charge in [0, 0.05) is 16.5 Å². The smallest absolute Gasteiger partial charge is 0.226 e. The molecular weight excluding hydrogens is 406 g/mol. The van der Waals surface area contributed by atoms with Crippen molar-refractivity contribution in [1.29, 1.82) is 0 Å². The number of rotatable bonds is 4. The van der Waals surface area contributed by atoms with Crippen molar-refractivity contribution in [2.24, 2.45) is 5.92 Å². The van der Waals surface area contributed by atoms with Crippen LogP contribution in [0.4, 0.5) is 0 Å². The van der Waals surface area contributed by atoms with Crippen LogP contribution in [0.5, 0.6) is 0 Å². The fraction of sp³-hybridized carbons (Fsp3) is 0.276. The monoisotopic (exact) mass is 435 g/mol. The van der Waals surface area contributed by atoms with Crippen LogP contribution < -0.4 is 0 Å². The van der Waals surface area contributed by atoms with E-state index in [1.807, 2.05) is 18.4 Å². The lowest BCUT2D eigenvalue weighted by Gasteiger charge is -2.22. The summed E-state index contributed by atoms with van der Waals surface area (Å²) < 4.78 is 5.77. The standard InChI is InChI=1S/C29H29N3O/c1-18(2)12-21-16-33-28-23(21)10-11-25(32-28)27-15-26(30-17-31-27)20-13-19-8-6-7-9-22(19)24(14-20)29(3,4)5/h6-11,13-18H,12H2,1-5H3. The third kappa shape index (κ3) is 4.13. The van der Waals surface area contributed by atoms with Crippen LogP contribution in [0, 0.1) is 5.92 Å². The highest BCUT2D eigenvalue weighted by Crippen LogP contribution is 2.35. The first-order valence-electron chi connectivity index (χ1n) is 11.5. The van der Waals surface area contributed by atoms with Crippen molar-refractivity contribution in [3.63, 3.8) is 0 Å². The molecule has 166 valence electrons. The third-order valence-corrected chi connectivity index (χ3v) is 6.04. The largest absolute Gasteiger partial charge is 0.446 e. The lowest BCUT2D eigenvalue weighted by molar-refractivity contribution is 0.585. The van der Waals surface area contributed by atoms with E-state index in [4.69, 9.17) is 9.40 Å². The van der Waals surface area contributed by atoms with Crippen molar-refractivity contribution in [3.8, 4) is 22.6 Å². The van der Waals surface area contributed by atoms with Gasteiger partial charge in [-0.05, 0) is 64.4 Å². The zero-order valence-corrected chi connectivity index (χ0v) is 19.9. The summed E-state index contributed by atoms with van der Waals surface area (Å²) in [6, 6.07) is 19.1. The second kappa shape index (κ2) is 8.11. The van der Waals surface area contributed by atoms with E-state index >= 15 is 0 Å². The molecule has 3 heterocycles. The fourth-order valence-corrected chi connectivity index (χ4v) is 4.44. The van der Waals surface area contributed by atoms with Crippen LogP contribution >= 0.6 is 0 Å². The van der Waals surface area contributed by atoms with Crippen molar-refractivity contribution in [2.45, 2.75) is 46.5 Å². The Balaban J connectivity index is 1.58. The number of aromatic nitrogens is 3. The molecule has 0 fully saturated rings. The fourth-order valence-electron chi connectivity index (χ4n) is 4.44. The molecule has 5 aromatic rings. The topological polar surface area (TPSA) is 51.8 Å². The first kappa shape index (κ1) is 21.3. The van der Waals surface area contributed by atoms with Crippen LogP contribution in [-0.4, -0.2) is 15.0 Å². The Morgan fingerprint density at radius 1 is 0.848 bits per heavy atom. The summed E-state index contributed by atoms with van der Waals surface area (Å²) >= 11 is 0. The molecule has 0 bridgehead atoms. The van der Waals surface area contributed by atoms with Crippen LogP contribution in [0.15, 0.2) is 71.6 Å². The zero-order valence-electron chi connectivity index (χ0n) is 19.9. The lowest BCUT2D eigenvalue weighted by Crippen LogP contribution is -2.12. The summed E-state index contributed by atoms with van der Waals surface area (Å²) in [6.07, 6.45) is 4.43. The van der Waals surface area contributed by atoms with Gasteiger partial charge in [-0.15, -0.1) is 0 Å². The number of benzene rings is 2. The molecule has 0 atom stereocenters. The second-order valence-electron chi connectivity index (χ2n) is 10.2. The molecule has 5 rings (SSSR count). The van der Waals surface area contributed by atoms with Crippen molar-refractivity contribution in [3.05, 3.63) is 78.3 Å². The van der Waals surface area contributed by atoms with E-state index in [1.165, 1.54) is 21.9 Å². The van der Waals surface area contributed by atoms with Crippen molar-refractivity contribution in [2.75, 3.05) is 0 Å². The Bertz CT molecular complexity index is 1460. The highest BCUT2D eigenvalue weighted by Gasteiger charge is 2.19. The third-order valence-electron chi connectivity index (χ3n) is 6.04. The second-order valence-corrected chi connectivity index (χ2v) is 10.2. The van der Waals surface area contributed by atoms with Crippen LogP contribution in [0.3, 0.4) is 0 Å². The minimum Gasteiger partial charge on any atom is -0.446 e. The van der Waals surface area contributed by atoms with Gasteiger partial charge in [0.1, 0.15) is 6.33 Å². The molecule has 33 heavy (non-hydrogen) atoms. The number of hydrogen-bond donors (Lipinski definition) is 0. The lowest BCUT2D eigenvalue weighted by atomic mass is 9.82. The molecule has 0 spiro atoms. The van der Waals surface area contributed by atoms with Gasteiger partial charge in [-0.3, -0.25) is 0 Å². The molecular formula is C29H29N3O. The number of furan rings is 1. The van der Waals surface area contributed by atoms with E-state index in [9.17, 15) is 0 Å². The van der Waals surface area contributed by atoms with Crippen molar-refractivity contribution >= 4 is 21.9 Å². The maximum absolute atomic E-state index is 5.77. The normalized spacial score (nSPS) is 12.2. The van der Waals surface area contributed by atoms with Crippen LogP contribution in [-0.2, 0) is 11.8 Å². The first-order chi connectivity index (χ1) is 15.8. The summed E-state index contributed by atoms with van der Waals surface area (Å²) in [6.45, 7) is 11.2. The first-order valence-corrected chi connectivity index (χ1v) is 11.5. The van der Waals surface area contributed by atoms with E-state index in [2.05, 4.69) is 87.1 Å². The molecule has 3 aromatic heterocycles. The Morgan fingerprint density at radius 3 is 2.42 bits per heavy atom. The molecule has 0 aliphatic carbocycles. The van der Waals surface area contributed by atoms with Crippen LogP contribution in [0.25, 0.3) is 44.5 Å². The Hall–Kier alpha value is -3.53. The van der Waals surface area contributed by atoms with E-state index in [0.29, 0.717) is 11.6 Å². The van der Waals surface area contributed by atoms with Gasteiger partial charge < -0.3 is 4.42 Å². The SMILES string of the molecule is CC(C)Cc1coc2nc(-c3cc(-c4cc(C(C)(C)C)c5ccccc5c4)ncn3)ccc12. The zero-order chi connectivity index (χ0) is 23.2. The molecule has 0 unspecified atom stereocenters. The molecule has 0 saturated carbocycles. The molecule has 0 radical (unpaired) electrons. The van der Waals surface area contributed by atoms with E-state index in [-0.39, 0.29) is 5.41 Å².